The van der Waals surface area contributed by atoms with E-state index in [1.54, 1.807) is 0 Å². The highest BCUT2D eigenvalue weighted by Gasteiger charge is 2.27. The SMILES string of the molecule is C=C(C)C(=O)O.C=C(C)C(=O)O.C=CC(=O)OCCOP(=O)(OCCOC(=O)C=C)OCCOC(=O)C=C.O=P(O)(O)O. The van der Waals surface area contributed by atoms with Gasteiger partial charge in [0.2, 0.25) is 0 Å². The number of phosphoric ester groups is 1. The van der Waals surface area contributed by atoms with Crippen LogP contribution in [-0.2, 0) is 60.9 Å². The highest BCUT2D eigenvalue weighted by atomic mass is 31.2. The number of esters is 3. The second-order valence-corrected chi connectivity index (χ2v) is 9.44. The number of carbonyl (C=O) groups excluding carboxylic acids is 3. The molecule has 0 aliphatic heterocycles. The van der Waals surface area contributed by atoms with Crippen LogP contribution >= 0.6 is 15.6 Å². The van der Waals surface area contributed by atoms with Crippen molar-refractivity contribution in [3.63, 3.8) is 0 Å². The van der Waals surface area contributed by atoms with Crippen LogP contribution in [0.2, 0.25) is 0 Å². The average Bonchev–Trinajstić information content (AvgIpc) is 2.90. The number of phosphoric acid groups is 2. The third-order valence-electron chi connectivity index (χ3n) is 2.96. The molecule has 5 N–H and O–H groups in total. The third-order valence-corrected chi connectivity index (χ3v) is 4.46. The number of carboxylic acid groups (broad SMARTS) is 2. The van der Waals surface area contributed by atoms with Gasteiger partial charge in [-0.2, -0.15) is 0 Å². The van der Waals surface area contributed by atoms with E-state index in [1.807, 2.05) is 0 Å². The lowest BCUT2D eigenvalue weighted by molar-refractivity contribution is -0.139. The van der Waals surface area contributed by atoms with Crippen LogP contribution in [0.15, 0.2) is 62.3 Å². The summed E-state index contributed by atoms with van der Waals surface area (Å²) in [6.45, 7) is 17.3. The highest BCUT2D eigenvalue weighted by Crippen LogP contribution is 2.49. The molecule has 43 heavy (non-hydrogen) atoms. The summed E-state index contributed by atoms with van der Waals surface area (Å²) < 4.78 is 50.2. The Bertz CT molecular complexity index is 926. The van der Waals surface area contributed by atoms with Crippen molar-refractivity contribution in [2.75, 3.05) is 39.6 Å². The maximum absolute atomic E-state index is 12.4. The normalized spacial score (nSPS) is 9.79. The second kappa shape index (κ2) is 27.1. The molecule has 0 fully saturated rings. The van der Waals surface area contributed by atoms with E-state index in [4.69, 9.17) is 43.0 Å². The van der Waals surface area contributed by atoms with Gasteiger partial charge in [-0.3, -0.25) is 13.6 Å². The molecule has 0 aliphatic carbocycles. The Labute approximate surface area is 247 Å². The molecule has 0 atom stereocenters. The third kappa shape index (κ3) is 42.9. The van der Waals surface area contributed by atoms with Gasteiger partial charge in [-0.15, -0.1) is 0 Å². The van der Waals surface area contributed by atoms with Crippen LogP contribution in [0.3, 0.4) is 0 Å². The number of hydrogen-bond acceptors (Lipinski definition) is 13. The van der Waals surface area contributed by atoms with Crippen LogP contribution < -0.4 is 0 Å². The number of hydrogen-bond donors (Lipinski definition) is 5. The van der Waals surface area contributed by atoms with Crippen molar-refractivity contribution in [1.29, 1.82) is 0 Å². The molecule has 0 saturated carbocycles. The van der Waals surface area contributed by atoms with E-state index in [9.17, 15) is 28.5 Å². The number of rotatable bonds is 17. The molecule has 0 heterocycles. The first kappa shape index (κ1) is 46.2. The fourth-order valence-electron chi connectivity index (χ4n) is 1.16. The smallest absolute Gasteiger partial charge is 0.475 e. The number of carbonyl (C=O) groups is 5. The summed E-state index contributed by atoms with van der Waals surface area (Å²) in [4.78, 5) is 73.5. The summed E-state index contributed by atoms with van der Waals surface area (Å²) in [6.07, 6.45) is 2.86. The summed E-state index contributed by atoms with van der Waals surface area (Å²) in [5.74, 6) is -3.92. The Morgan fingerprint density at radius 2 is 0.767 bits per heavy atom. The Morgan fingerprint density at radius 3 is 0.907 bits per heavy atom. The maximum Gasteiger partial charge on any atom is 0.475 e. The minimum atomic E-state index is -4.64. The zero-order chi connectivity index (χ0) is 34.6. The average molecular weight is 662 g/mol. The van der Waals surface area contributed by atoms with Gasteiger partial charge in [0.15, 0.2) is 0 Å². The minimum Gasteiger partial charge on any atom is -0.478 e. The lowest BCUT2D eigenvalue weighted by atomic mass is 10.4. The Kier molecular flexibility index (Phi) is 29.2. The van der Waals surface area contributed by atoms with E-state index in [-0.39, 0.29) is 50.8 Å². The minimum absolute atomic E-state index is 0.176. The number of carboxylic acids is 2. The van der Waals surface area contributed by atoms with Gasteiger partial charge < -0.3 is 39.1 Å². The van der Waals surface area contributed by atoms with Crippen LogP contribution in [-0.4, -0.2) is 94.4 Å². The molecule has 0 aromatic carbocycles. The first-order valence-corrected chi connectivity index (χ1v) is 14.1. The molecule has 246 valence electrons. The zero-order valence-electron chi connectivity index (χ0n) is 23.4. The van der Waals surface area contributed by atoms with Crippen LogP contribution in [0, 0.1) is 0 Å². The van der Waals surface area contributed by atoms with Gasteiger partial charge >= 0.3 is 45.5 Å². The van der Waals surface area contributed by atoms with Crippen molar-refractivity contribution < 1.29 is 85.8 Å². The summed E-state index contributed by atoms with van der Waals surface area (Å²) in [6, 6.07) is 0. The highest BCUT2D eigenvalue weighted by molar-refractivity contribution is 7.48. The quantitative estimate of drug-likeness (QED) is 0.0487. The van der Waals surface area contributed by atoms with E-state index in [1.165, 1.54) is 13.8 Å². The van der Waals surface area contributed by atoms with Crippen molar-refractivity contribution in [3.05, 3.63) is 62.3 Å². The van der Waals surface area contributed by atoms with E-state index in [2.05, 4.69) is 47.1 Å². The molecule has 0 aliphatic rings. The first-order valence-electron chi connectivity index (χ1n) is 11.1. The molecule has 0 radical (unpaired) electrons. The molecular formula is C23H36O18P2. The fraction of sp³-hybridized carbons (Fsp3) is 0.348. The molecule has 0 rings (SSSR count). The van der Waals surface area contributed by atoms with Crippen molar-refractivity contribution >= 4 is 45.5 Å². The van der Waals surface area contributed by atoms with E-state index in [0.29, 0.717) is 0 Å². The summed E-state index contributed by atoms with van der Waals surface area (Å²) in [5.41, 5.74) is 0.352. The lowest BCUT2D eigenvalue weighted by Crippen LogP contribution is -2.14. The Hall–Kier alpha value is -3.73. The monoisotopic (exact) mass is 662 g/mol. The predicted octanol–water partition coefficient (Wildman–Crippen LogP) is 1.70. The molecule has 0 aromatic heterocycles. The summed E-state index contributed by atoms with van der Waals surface area (Å²) in [7, 11) is -8.71. The standard InChI is InChI=1S/C15H21O10P.2C4H6O2.H3O4P/c1-4-13(16)20-7-10-23-26(19,24-11-8-21-14(17)5-2)25-12-9-22-15(18)6-3;2*1-3(2)4(5)6;1-5(2,3)4/h4-6H,1-3,7-12H2;2*1H2,2H3,(H,5,6);(H3,1,2,3,4). The van der Waals surface area contributed by atoms with Gasteiger partial charge in [-0.1, -0.05) is 32.9 Å². The van der Waals surface area contributed by atoms with E-state index >= 15 is 0 Å². The van der Waals surface area contributed by atoms with Crippen LogP contribution in [0.5, 0.6) is 0 Å². The van der Waals surface area contributed by atoms with Gasteiger partial charge in [-0.25, -0.2) is 33.1 Å². The van der Waals surface area contributed by atoms with Crippen molar-refractivity contribution in [1.82, 2.24) is 0 Å². The molecule has 20 heteroatoms. The molecule has 0 saturated heterocycles. The molecule has 18 nitrogen and oxygen atoms in total. The number of aliphatic carboxylic acids is 2. The zero-order valence-corrected chi connectivity index (χ0v) is 25.2. The number of ether oxygens (including phenoxy) is 3. The topological polar surface area (TPSA) is 276 Å². The van der Waals surface area contributed by atoms with Gasteiger partial charge in [0.1, 0.15) is 19.8 Å². The molecule has 0 bridgehead atoms. The van der Waals surface area contributed by atoms with Crippen molar-refractivity contribution in [3.8, 4) is 0 Å². The fourth-order valence-corrected chi connectivity index (χ4v) is 2.28. The Balaban J connectivity index is -0.000000360. The predicted molar refractivity (Wildman–Crippen MR) is 148 cm³/mol. The summed E-state index contributed by atoms with van der Waals surface area (Å²) >= 11 is 0. The van der Waals surface area contributed by atoms with Crippen molar-refractivity contribution in [2.45, 2.75) is 13.8 Å². The van der Waals surface area contributed by atoms with Gasteiger partial charge in [0.25, 0.3) is 0 Å². The first-order chi connectivity index (χ1) is 19.6. The molecule has 0 aromatic rings. The Morgan fingerprint density at radius 1 is 0.581 bits per heavy atom. The van der Waals surface area contributed by atoms with Crippen molar-refractivity contribution in [2.24, 2.45) is 0 Å². The van der Waals surface area contributed by atoms with Gasteiger partial charge in [0, 0.05) is 29.4 Å². The van der Waals surface area contributed by atoms with Gasteiger partial charge in [0.05, 0.1) is 19.8 Å². The molecule has 0 unspecified atom stereocenters. The summed E-state index contributed by atoms with van der Waals surface area (Å²) in [5, 5.41) is 15.8. The van der Waals surface area contributed by atoms with Crippen LogP contribution in [0.4, 0.5) is 0 Å². The van der Waals surface area contributed by atoms with Crippen LogP contribution in [0.1, 0.15) is 13.8 Å². The second-order valence-electron chi connectivity index (χ2n) is 6.75. The molecule has 0 spiro atoms. The molecule has 0 amide bonds. The van der Waals surface area contributed by atoms with Gasteiger partial charge in [-0.05, 0) is 13.8 Å². The molecular weight excluding hydrogens is 626 g/mol. The van der Waals surface area contributed by atoms with Crippen LogP contribution in [0.25, 0.3) is 0 Å². The van der Waals surface area contributed by atoms with E-state index < -0.39 is 45.5 Å². The lowest BCUT2D eigenvalue weighted by Gasteiger charge is -2.18. The largest absolute Gasteiger partial charge is 0.478 e. The van der Waals surface area contributed by atoms with E-state index in [0.717, 1.165) is 18.2 Å². The maximum atomic E-state index is 12.4.